The van der Waals surface area contributed by atoms with Crippen LogP contribution in [-0.2, 0) is 14.4 Å². The number of aromatic nitrogens is 2. The number of aryl methyl sites for hydroxylation is 1. The Morgan fingerprint density at radius 2 is 2.26 bits per heavy atom. The molecule has 0 aliphatic rings. The summed E-state index contributed by atoms with van der Waals surface area (Å²) in [7, 11) is 0. The van der Waals surface area contributed by atoms with Crippen molar-refractivity contribution in [3.05, 3.63) is 5.89 Å². The summed E-state index contributed by atoms with van der Waals surface area (Å²) in [4.78, 5) is 32.3. The van der Waals surface area contributed by atoms with Crippen molar-refractivity contribution < 1.29 is 23.9 Å². The van der Waals surface area contributed by atoms with E-state index < -0.39 is 17.9 Å². The number of nitrogens with zero attached hydrogens (tertiary/aromatic N) is 2. The zero-order valence-corrected chi connectivity index (χ0v) is 10.8. The smallest absolute Gasteiger partial charge is 0.327 e. The molecule has 19 heavy (non-hydrogen) atoms. The topological polar surface area (TPSA) is 134 Å². The first-order valence-electron chi connectivity index (χ1n) is 5.13. The Bertz CT molecular complexity index is 463. The van der Waals surface area contributed by atoms with Gasteiger partial charge in [0.15, 0.2) is 0 Å². The van der Waals surface area contributed by atoms with Gasteiger partial charge in [0.2, 0.25) is 18.2 Å². The van der Waals surface area contributed by atoms with Gasteiger partial charge in [0, 0.05) is 12.7 Å². The summed E-state index contributed by atoms with van der Waals surface area (Å²) >= 11 is 1.06. The van der Waals surface area contributed by atoms with Crippen LogP contribution in [0.2, 0.25) is 0 Å². The Hall–Kier alpha value is -2.10. The lowest BCUT2D eigenvalue weighted by Crippen LogP contribution is -2.38. The van der Waals surface area contributed by atoms with E-state index >= 15 is 0 Å². The molecule has 1 aromatic heterocycles. The highest BCUT2D eigenvalue weighted by molar-refractivity contribution is 8.00. The molecule has 1 rings (SSSR count). The molecule has 0 spiro atoms. The van der Waals surface area contributed by atoms with Crippen LogP contribution in [0, 0.1) is 6.92 Å². The lowest BCUT2D eigenvalue weighted by atomic mass is 10.3. The van der Waals surface area contributed by atoms with Crippen molar-refractivity contribution in [3.63, 3.8) is 0 Å². The SMILES string of the molecule is Cc1nnc(NC(=O)CSCC(NC=O)C(=O)O)o1. The standard InChI is InChI=1S/C9H12N4O5S/c1-5-12-13-9(18-5)11-7(15)3-19-2-6(8(16)17)10-4-14/h4,6H,2-3H2,1H3,(H,10,14)(H,16,17)(H,11,13,15). The van der Waals surface area contributed by atoms with E-state index in [-0.39, 0.29) is 17.5 Å². The second-order valence-corrected chi connectivity index (χ2v) is 4.40. The van der Waals surface area contributed by atoms with Crippen LogP contribution in [0.25, 0.3) is 0 Å². The second kappa shape index (κ2) is 7.36. The fourth-order valence-corrected chi connectivity index (χ4v) is 1.89. The quantitative estimate of drug-likeness (QED) is 0.532. The molecule has 1 heterocycles. The van der Waals surface area contributed by atoms with Gasteiger partial charge < -0.3 is 14.8 Å². The van der Waals surface area contributed by atoms with E-state index in [1.54, 1.807) is 6.92 Å². The fourth-order valence-electron chi connectivity index (χ4n) is 1.04. The van der Waals surface area contributed by atoms with Crippen molar-refractivity contribution in [1.29, 1.82) is 0 Å². The van der Waals surface area contributed by atoms with E-state index in [4.69, 9.17) is 9.52 Å². The van der Waals surface area contributed by atoms with Gasteiger partial charge in [-0.05, 0) is 0 Å². The van der Waals surface area contributed by atoms with E-state index in [0.29, 0.717) is 12.3 Å². The zero-order valence-electron chi connectivity index (χ0n) is 9.95. The first-order chi connectivity index (χ1) is 9.02. The molecule has 0 aliphatic heterocycles. The number of nitrogens with one attached hydrogen (secondary N) is 2. The summed E-state index contributed by atoms with van der Waals surface area (Å²) in [6.45, 7) is 1.58. The molecule has 0 aromatic carbocycles. The van der Waals surface area contributed by atoms with Gasteiger partial charge in [-0.1, -0.05) is 5.10 Å². The molecule has 1 atom stereocenters. The Morgan fingerprint density at radius 1 is 1.53 bits per heavy atom. The maximum absolute atomic E-state index is 11.4. The molecule has 1 aromatic rings. The summed E-state index contributed by atoms with van der Waals surface area (Å²) in [5.41, 5.74) is 0. The minimum absolute atomic E-state index is 0.00570. The lowest BCUT2D eigenvalue weighted by molar-refractivity contribution is -0.139. The Morgan fingerprint density at radius 3 is 2.79 bits per heavy atom. The maximum atomic E-state index is 11.4. The monoisotopic (exact) mass is 288 g/mol. The molecule has 1 unspecified atom stereocenters. The summed E-state index contributed by atoms with van der Waals surface area (Å²) in [6, 6.07) is -1.04. The largest absolute Gasteiger partial charge is 0.480 e. The normalized spacial score (nSPS) is 11.6. The van der Waals surface area contributed by atoms with Crippen LogP contribution < -0.4 is 10.6 Å². The van der Waals surface area contributed by atoms with Crippen molar-refractivity contribution in [2.75, 3.05) is 16.8 Å². The van der Waals surface area contributed by atoms with Gasteiger partial charge in [-0.2, -0.15) is 0 Å². The van der Waals surface area contributed by atoms with E-state index in [2.05, 4.69) is 20.8 Å². The molecule has 0 fully saturated rings. The molecule has 10 heteroatoms. The average Bonchev–Trinajstić information content (AvgIpc) is 2.73. The van der Waals surface area contributed by atoms with Crippen LogP contribution in [0.15, 0.2) is 4.42 Å². The van der Waals surface area contributed by atoms with Gasteiger partial charge >= 0.3 is 12.0 Å². The van der Waals surface area contributed by atoms with Crippen molar-refractivity contribution in [2.24, 2.45) is 0 Å². The minimum atomic E-state index is -1.16. The maximum Gasteiger partial charge on any atom is 0.327 e. The highest BCUT2D eigenvalue weighted by Gasteiger charge is 2.17. The molecular formula is C9H12N4O5S. The number of carbonyl (C=O) groups is 3. The van der Waals surface area contributed by atoms with Crippen LogP contribution in [0.1, 0.15) is 5.89 Å². The van der Waals surface area contributed by atoms with Crippen molar-refractivity contribution in [2.45, 2.75) is 13.0 Å². The van der Waals surface area contributed by atoms with Crippen LogP contribution in [0.5, 0.6) is 0 Å². The number of thioether (sulfide) groups is 1. The summed E-state index contributed by atoms with van der Waals surface area (Å²) < 4.78 is 4.94. The van der Waals surface area contributed by atoms with Gasteiger partial charge in [0.1, 0.15) is 6.04 Å². The molecule has 9 nitrogen and oxygen atoms in total. The lowest BCUT2D eigenvalue weighted by Gasteiger charge is -2.09. The van der Waals surface area contributed by atoms with Crippen LogP contribution in [0.4, 0.5) is 6.01 Å². The number of carboxylic acids is 1. The summed E-state index contributed by atoms with van der Waals surface area (Å²) in [5.74, 6) is -1.16. The van der Waals surface area contributed by atoms with Crippen LogP contribution in [0.3, 0.4) is 0 Å². The molecule has 2 amide bonds. The van der Waals surface area contributed by atoms with E-state index in [9.17, 15) is 14.4 Å². The highest BCUT2D eigenvalue weighted by Crippen LogP contribution is 2.07. The number of hydrogen-bond donors (Lipinski definition) is 3. The Labute approximate surface area is 112 Å². The second-order valence-electron chi connectivity index (χ2n) is 3.36. The third kappa shape index (κ3) is 5.38. The number of carbonyl (C=O) groups excluding carboxylic acids is 2. The van der Waals surface area contributed by atoms with Crippen molar-refractivity contribution in [3.8, 4) is 0 Å². The third-order valence-electron chi connectivity index (χ3n) is 1.86. The van der Waals surface area contributed by atoms with Crippen molar-refractivity contribution >= 4 is 36.1 Å². The molecule has 3 N–H and O–H groups in total. The molecule has 0 aliphatic carbocycles. The predicted octanol–water partition coefficient (Wildman–Crippen LogP) is -0.751. The van der Waals surface area contributed by atoms with Gasteiger partial charge in [0.25, 0.3) is 0 Å². The zero-order chi connectivity index (χ0) is 14.3. The number of hydrogen-bond acceptors (Lipinski definition) is 7. The van der Waals surface area contributed by atoms with Crippen LogP contribution >= 0.6 is 11.8 Å². The molecule has 0 radical (unpaired) electrons. The number of amides is 2. The highest BCUT2D eigenvalue weighted by atomic mass is 32.2. The molecule has 0 saturated carbocycles. The predicted molar refractivity (Wildman–Crippen MR) is 65.6 cm³/mol. The Balaban J connectivity index is 2.30. The number of aliphatic carboxylic acids is 1. The van der Waals surface area contributed by atoms with E-state index in [1.165, 1.54) is 0 Å². The van der Waals surface area contributed by atoms with Crippen LogP contribution in [-0.4, -0.2) is 51.1 Å². The van der Waals surface area contributed by atoms with Gasteiger partial charge in [-0.25, -0.2) is 4.79 Å². The first kappa shape index (κ1) is 15.0. The van der Waals surface area contributed by atoms with Crippen molar-refractivity contribution in [1.82, 2.24) is 15.5 Å². The minimum Gasteiger partial charge on any atom is -0.480 e. The Kier molecular flexibility index (Phi) is 5.79. The molecule has 0 bridgehead atoms. The summed E-state index contributed by atoms with van der Waals surface area (Å²) in [5, 5.41) is 20.3. The van der Waals surface area contributed by atoms with Gasteiger partial charge in [0.05, 0.1) is 5.75 Å². The van der Waals surface area contributed by atoms with E-state index in [1.807, 2.05) is 0 Å². The van der Waals surface area contributed by atoms with Gasteiger partial charge in [-0.3, -0.25) is 14.9 Å². The van der Waals surface area contributed by atoms with Gasteiger partial charge in [-0.15, -0.1) is 16.9 Å². The molecule has 104 valence electrons. The third-order valence-corrected chi connectivity index (χ3v) is 2.89. The number of carboxylic acid groups (broad SMARTS) is 1. The average molecular weight is 288 g/mol. The molecule has 0 saturated heterocycles. The molecular weight excluding hydrogens is 276 g/mol. The van der Waals surface area contributed by atoms with E-state index in [0.717, 1.165) is 11.8 Å². The fraction of sp³-hybridized carbons (Fsp3) is 0.444. The first-order valence-corrected chi connectivity index (χ1v) is 6.28. The summed E-state index contributed by atoms with van der Waals surface area (Å²) in [6.07, 6.45) is 0.306. The number of rotatable bonds is 8. The number of anilines is 1.